The topological polar surface area (TPSA) is 38.0 Å². The quantitative estimate of drug-likeness (QED) is 0.829. The fourth-order valence-electron chi connectivity index (χ4n) is 2.06. The smallest absolute Gasteiger partial charge is 0.0689 e. The van der Waals surface area contributed by atoms with Gasteiger partial charge in [-0.2, -0.15) is 5.10 Å². The molecule has 0 radical (unpaired) electrons. The van der Waals surface area contributed by atoms with Gasteiger partial charge in [-0.05, 0) is 44.2 Å². The van der Waals surface area contributed by atoms with Gasteiger partial charge in [0.15, 0.2) is 0 Å². The molecule has 0 aliphatic carbocycles. The molecule has 0 fully saturated rings. The Hall–Kier alpha value is -0.970. The molecule has 1 N–H and O–H groups in total. The molecule has 1 aromatic carbocycles. The van der Waals surface area contributed by atoms with E-state index in [1.807, 2.05) is 41.9 Å². The number of aromatic nitrogens is 2. The monoisotopic (exact) mass is 310 g/mol. The maximum Gasteiger partial charge on any atom is 0.0689 e. The Morgan fingerprint density at radius 1 is 1.35 bits per heavy atom. The summed E-state index contributed by atoms with van der Waals surface area (Å²) in [5.41, 5.74) is 2.09. The summed E-state index contributed by atoms with van der Waals surface area (Å²) < 4.78 is 1.95. The number of halogens is 1. The average Bonchev–Trinajstić information content (AvgIpc) is 2.78. The van der Waals surface area contributed by atoms with E-state index in [-0.39, 0.29) is 6.10 Å². The normalized spacial score (nSPS) is 12.6. The lowest BCUT2D eigenvalue weighted by atomic mass is 10.2. The summed E-state index contributed by atoms with van der Waals surface area (Å²) in [6.07, 6.45) is 0.256. The number of aliphatic hydroxyl groups is 1. The van der Waals surface area contributed by atoms with Crippen LogP contribution < -0.4 is 0 Å². The van der Waals surface area contributed by atoms with E-state index in [0.29, 0.717) is 12.2 Å². The summed E-state index contributed by atoms with van der Waals surface area (Å²) in [6, 6.07) is 9.72. The molecule has 1 unspecified atom stereocenters. The van der Waals surface area contributed by atoms with Crippen LogP contribution in [-0.4, -0.2) is 26.7 Å². The van der Waals surface area contributed by atoms with Crippen LogP contribution in [0.3, 0.4) is 0 Å². The summed E-state index contributed by atoms with van der Waals surface area (Å²) in [5, 5.41) is 15.3. The summed E-state index contributed by atoms with van der Waals surface area (Å²) in [7, 11) is 0. The van der Waals surface area contributed by atoms with Crippen molar-refractivity contribution in [3.8, 4) is 0 Å². The van der Waals surface area contributed by atoms with Crippen molar-refractivity contribution in [2.45, 2.75) is 37.8 Å². The Morgan fingerprint density at radius 3 is 2.70 bits per heavy atom. The van der Waals surface area contributed by atoms with E-state index in [4.69, 9.17) is 11.6 Å². The Labute approximate surface area is 129 Å². The van der Waals surface area contributed by atoms with E-state index in [9.17, 15) is 5.11 Å². The second kappa shape index (κ2) is 7.16. The molecule has 0 saturated heterocycles. The molecule has 2 rings (SSSR count). The lowest BCUT2D eigenvalue weighted by Gasteiger charge is -2.11. The van der Waals surface area contributed by atoms with Crippen molar-refractivity contribution in [1.29, 1.82) is 0 Å². The van der Waals surface area contributed by atoms with Gasteiger partial charge in [-0.3, -0.25) is 4.68 Å². The summed E-state index contributed by atoms with van der Waals surface area (Å²) in [5.74, 6) is 0.662. The SMILES string of the molecule is CCn1nc(C)cc1CC(O)CSc1ccc(Cl)cc1. The van der Waals surface area contributed by atoms with Gasteiger partial charge in [0.2, 0.25) is 0 Å². The van der Waals surface area contributed by atoms with E-state index < -0.39 is 0 Å². The van der Waals surface area contributed by atoms with Gasteiger partial charge in [0.05, 0.1) is 11.8 Å². The fourth-order valence-corrected chi connectivity index (χ4v) is 3.02. The molecule has 5 heteroatoms. The Bertz CT molecular complexity index is 554. The highest BCUT2D eigenvalue weighted by atomic mass is 35.5. The van der Waals surface area contributed by atoms with E-state index in [0.717, 1.165) is 27.9 Å². The third-order valence-electron chi connectivity index (χ3n) is 2.99. The number of aliphatic hydroxyl groups excluding tert-OH is 1. The number of aryl methyl sites for hydroxylation is 2. The van der Waals surface area contributed by atoms with E-state index in [1.165, 1.54) is 0 Å². The third kappa shape index (κ3) is 4.27. The first-order valence-electron chi connectivity index (χ1n) is 6.68. The number of rotatable bonds is 6. The number of hydrogen-bond donors (Lipinski definition) is 1. The van der Waals surface area contributed by atoms with Gasteiger partial charge in [-0.1, -0.05) is 11.6 Å². The average molecular weight is 311 g/mol. The molecule has 3 nitrogen and oxygen atoms in total. The van der Waals surface area contributed by atoms with E-state index in [1.54, 1.807) is 11.8 Å². The molecule has 0 saturated carbocycles. The van der Waals surface area contributed by atoms with Gasteiger partial charge >= 0.3 is 0 Å². The summed E-state index contributed by atoms with van der Waals surface area (Å²) in [6.45, 7) is 4.87. The van der Waals surface area contributed by atoms with Crippen molar-refractivity contribution >= 4 is 23.4 Å². The molecule has 2 aromatic rings. The molecule has 1 atom stereocenters. The first-order valence-corrected chi connectivity index (χ1v) is 8.04. The lowest BCUT2D eigenvalue weighted by Crippen LogP contribution is -2.16. The molecule has 0 bridgehead atoms. The Balaban J connectivity index is 1.88. The van der Waals surface area contributed by atoms with Gasteiger partial charge in [0, 0.05) is 34.3 Å². The van der Waals surface area contributed by atoms with Crippen molar-refractivity contribution in [3.05, 3.63) is 46.7 Å². The first-order chi connectivity index (χ1) is 9.58. The van der Waals surface area contributed by atoms with Crippen LogP contribution >= 0.6 is 23.4 Å². The zero-order valence-electron chi connectivity index (χ0n) is 11.7. The maximum atomic E-state index is 10.2. The van der Waals surface area contributed by atoms with Crippen LogP contribution in [0.1, 0.15) is 18.3 Å². The minimum absolute atomic E-state index is 0.378. The van der Waals surface area contributed by atoms with Gasteiger partial charge in [0.25, 0.3) is 0 Å². The van der Waals surface area contributed by atoms with Crippen LogP contribution in [-0.2, 0) is 13.0 Å². The van der Waals surface area contributed by atoms with Crippen LogP contribution in [0.4, 0.5) is 0 Å². The van der Waals surface area contributed by atoms with Crippen molar-refractivity contribution in [2.24, 2.45) is 0 Å². The van der Waals surface area contributed by atoms with Crippen LogP contribution in [0.5, 0.6) is 0 Å². The molecule has 0 aliphatic rings. The van der Waals surface area contributed by atoms with Gasteiger partial charge in [-0.15, -0.1) is 11.8 Å². The predicted molar refractivity (Wildman–Crippen MR) is 84.5 cm³/mol. The highest BCUT2D eigenvalue weighted by Gasteiger charge is 2.11. The highest BCUT2D eigenvalue weighted by molar-refractivity contribution is 7.99. The van der Waals surface area contributed by atoms with Crippen LogP contribution in [0.2, 0.25) is 5.02 Å². The van der Waals surface area contributed by atoms with E-state index in [2.05, 4.69) is 12.0 Å². The molecule has 20 heavy (non-hydrogen) atoms. The number of hydrogen-bond acceptors (Lipinski definition) is 3. The summed E-state index contributed by atoms with van der Waals surface area (Å²) in [4.78, 5) is 1.12. The maximum absolute atomic E-state index is 10.2. The van der Waals surface area contributed by atoms with Crippen molar-refractivity contribution in [3.63, 3.8) is 0 Å². The van der Waals surface area contributed by atoms with Crippen molar-refractivity contribution in [2.75, 3.05) is 5.75 Å². The van der Waals surface area contributed by atoms with E-state index >= 15 is 0 Å². The zero-order valence-corrected chi connectivity index (χ0v) is 13.3. The summed E-state index contributed by atoms with van der Waals surface area (Å²) >= 11 is 7.49. The molecule has 1 heterocycles. The van der Waals surface area contributed by atoms with Gasteiger partial charge < -0.3 is 5.11 Å². The second-order valence-electron chi connectivity index (χ2n) is 4.72. The minimum atomic E-state index is -0.378. The molecule has 0 aliphatic heterocycles. The standard InChI is InChI=1S/C15H19ClN2OS/c1-3-18-13(8-11(2)17-18)9-14(19)10-20-15-6-4-12(16)5-7-15/h4-8,14,19H,3,9-10H2,1-2H3. The third-order valence-corrected chi connectivity index (χ3v) is 4.39. The van der Waals surface area contributed by atoms with Crippen molar-refractivity contribution < 1.29 is 5.11 Å². The van der Waals surface area contributed by atoms with Crippen LogP contribution in [0.25, 0.3) is 0 Å². The largest absolute Gasteiger partial charge is 0.392 e. The minimum Gasteiger partial charge on any atom is -0.392 e. The second-order valence-corrected chi connectivity index (χ2v) is 6.25. The first kappa shape index (κ1) is 15.4. The van der Waals surface area contributed by atoms with Crippen LogP contribution in [0, 0.1) is 6.92 Å². The Kier molecular flexibility index (Phi) is 5.52. The number of benzene rings is 1. The molecular weight excluding hydrogens is 292 g/mol. The molecule has 0 spiro atoms. The highest BCUT2D eigenvalue weighted by Crippen LogP contribution is 2.22. The zero-order chi connectivity index (χ0) is 14.5. The van der Waals surface area contributed by atoms with Gasteiger partial charge in [0.1, 0.15) is 0 Å². The predicted octanol–water partition coefficient (Wildman–Crippen LogP) is 3.56. The lowest BCUT2D eigenvalue weighted by molar-refractivity contribution is 0.197. The molecule has 108 valence electrons. The molecule has 0 amide bonds. The van der Waals surface area contributed by atoms with Gasteiger partial charge in [-0.25, -0.2) is 0 Å². The van der Waals surface area contributed by atoms with Crippen molar-refractivity contribution in [1.82, 2.24) is 9.78 Å². The Morgan fingerprint density at radius 2 is 2.05 bits per heavy atom. The number of nitrogens with zero attached hydrogens (tertiary/aromatic N) is 2. The fraction of sp³-hybridized carbons (Fsp3) is 0.400. The molecule has 1 aromatic heterocycles. The number of thioether (sulfide) groups is 1. The van der Waals surface area contributed by atoms with Crippen LogP contribution in [0.15, 0.2) is 35.2 Å². The molecular formula is C15H19ClN2OS.